The van der Waals surface area contributed by atoms with Crippen molar-refractivity contribution in [1.29, 1.82) is 0 Å². The number of fused-ring (bicyclic) bond motifs is 2. The molecule has 2 aromatic carbocycles. The van der Waals surface area contributed by atoms with Crippen LogP contribution in [0.4, 0.5) is 11.5 Å². The molecule has 0 amide bonds. The molecule has 0 bridgehead atoms. The molecule has 1 aliphatic rings. The molecule has 4 rings (SSSR count). The summed E-state index contributed by atoms with van der Waals surface area (Å²) in [6, 6.07) is 15.7. The summed E-state index contributed by atoms with van der Waals surface area (Å²) in [6.45, 7) is 5.94. The van der Waals surface area contributed by atoms with Gasteiger partial charge in [-0.3, -0.25) is 4.21 Å². The fourth-order valence-corrected chi connectivity index (χ4v) is 4.89. The molecule has 0 spiro atoms. The average Bonchev–Trinajstić information content (AvgIpc) is 2.85. The number of aromatic nitrogens is 1. The third kappa shape index (κ3) is 4.55. The van der Waals surface area contributed by atoms with Gasteiger partial charge in [0.25, 0.3) is 0 Å². The quantitative estimate of drug-likeness (QED) is 0.652. The van der Waals surface area contributed by atoms with Gasteiger partial charge >= 0.3 is 0 Å². The van der Waals surface area contributed by atoms with Crippen LogP contribution in [0.15, 0.2) is 53.4 Å². The van der Waals surface area contributed by atoms with Crippen LogP contribution in [-0.4, -0.2) is 33.6 Å². The van der Waals surface area contributed by atoms with Gasteiger partial charge in [-0.25, -0.2) is 4.98 Å². The first kappa shape index (κ1) is 20.1. The third-order valence-corrected chi connectivity index (χ3v) is 6.62. The number of nitrogens with zero attached hydrogens (tertiary/aromatic N) is 2. The maximum atomic E-state index is 12.6. The van der Waals surface area contributed by atoms with E-state index in [1.807, 2.05) is 62.4 Å². The molecular formula is C22H25ClN4OS. The van der Waals surface area contributed by atoms with E-state index in [1.54, 1.807) is 0 Å². The maximum absolute atomic E-state index is 12.6. The summed E-state index contributed by atoms with van der Waals surface area (Å²) >= 11 is 6.24. The van der Waals surface area contributed by atoms with Crippen molar-refractivity contribution >= 4 is 44.8 Å². The summed E-state index contributed by atoms with van der Waals surface area (Å²) in [4.78, 5) is 7.99. The van der Waals surface area contributed by atoms with Crippen LogP contribution in [0.25, 0.3) is 10.9 Å². The number of hydrogen-bond acceptors (Lipinski definition) is 5. The van der Waals surface area contributed by atoms with Crippen molar-refractivity contribution in [1.82, 2.24) is 4.98 Å². The van der Waals surface area contributed by atoms with Gasteiger partial charge in [-0.15, -0.1) is 0 Å². The average molecular weight is 429 g/mol. The molecule has 2 heterocycles. The summed E-state index contributed by atoms with van der Waals surface area (Å²) < 4.78 is 12.6. The molecule has 0 radical (unpaired) electrons. The lowest BCUT2D eigenvalue weighted by atomic mass is 10.1. The smallest absolute Gasteiger partial charge is 0.131 e. The zero-order valence-corrected chi connectivity index (χ0v) is 18.2. The first-order chi connectivity index (χ1) is 13.8. The Kier molecular flexibility index (Phi) is 5.51. The fourth-order valence-electron chi connectivity index (χ4n) is 3.46. The molecule has 5 nitrogen and oxygen atoms in total. The van der Waals surface area contributed by atoms with E-state index < -0.39 is 10.8 Å². The number of nitrogens with one attached hydrogen (secondary N) is 1. The molecule has 1 unspecified atom stereocenters. The van der Waals surface area contributed by atoms with Crippen molar-refractivity contribution in [3.8, 4) is 0 Å². The van der Waals surface area contributed by atoms with E-state index in [0.29, 0.717) is 30.4 Å². The number of halogens is 1. The number of pyridine rings is 1. The molecule has 1 aliphatic heterocycles. The van der Waals surface area contributed by atoms with Crippen molar-refractivity contribution < 1.29 is 4.21 Å². The highest BCUT2D eigenvalue weighted by Crippen LogP contribution is 2.31. The van der Waals surface area contributed by atoms with Crippen LogP contribution in [0.2, 0.25) is 5.02 Å². The molecule has 3 aromatic rings. The third-order valence-electron chi connectivity index (χ3n) is 4.94. The second-order valence-corrected chi connectivity index (χ2v) is 10.1. The number of anilines is 2. The Bertz CT molecular complexity index is 1080. The number of rotatable bonds is 4. The Morgan fingerprint density at radius 2 is 2.03 bits per heavy atom. The van der Waals surface area contributed by atoms with E-state index in [2.05, 4.69) is 10.2 Å². The number of hydrogen-bond donors (Lipinski definition) is 2. The molecule has 29 heavy (non-hydrogen) atoms. The molecule has 0 fully saturated rings. The van der Waals surface area contributed by atoms with Gasteiger partial charge in [-0.2, -0.15) is 0 Å². The normalized spacial score (nSPS) is 17.1. The Morgan fingerprint density at radius 1 is 1.24 bits per heavy atom. The lowest BCUT2D eigenvalue weighted by Crippen LogP contribution is -2.39. The summed E-state index contributed by atoms with van der Waals surface area (Å²) in [5.41, 5.74) is 8.72. The van der Waals surface area contributed by atoms with Gasteiger partial charge in [0.05, 0.1) is 16.3 Å². The summed E-state index contributed by atoms with van der Waals surface area (Å²) in [7, 11) is -0.997. The minimum absolute atomic E-state index is 0.354. The second kappa shape index (κ2) is 7.94. The Hall–Kier alpha value is -2.15. The standard InChI is InChI=1S/C22H25ClN4OS/c1-22(2,24)14-25-19-12-21(26-18-8-7-16(23)11-17(18)19)27-9-10-29(28)20-6-4-3-5-15(20)13-27/h3-8,11-12H,9-10,13-14,24H2,1-2H3,(H,25,26). The highest BCUT2D eigenvalue weighted by atomic mass is 35.5. The van der Waals surface area contributed by atoms with E-state index in [4.69, 9.17) is 22.3 Å². The molecule has 0 aliphatic carbocycles. The minimum atomic E-state index is -0.997. The topological polar surface area (TPSA) is 71.2 Å². The molecule has 0 saturated heterocycles. The van der Waals surface area contributed by atoms with Crippen LogP contribution in [0.1, 0.15) is 19.4 Å². The van der Waals surface area contributed by atoms with Gasteiger partial charge in [0, 0.05) is 58.0 Å². The minimum Gasteiger partial charge on any atom is -0.383 e. The van der Waals surface area contributed by atoms with Crippen LogP contribution >= 0.6 is 11.6 Å². The molecule has 0 saturated carbocycles. The van der Waals surface area contributed by atoms with Gasteiger partial charge in [-0.1, -0.05) is 29.8 Å². The van der Waals surface area contributed by atoms with Gasteiger partial charge in [0.2, 0.25) is 0 Å². The Balaban J connectivity index is 1.76. The number of nitrogens with two attached hydrogens (primary N) is 1. The van der Waals surface area contributed by atoms with Crippen molar-refractivity contribution in [3.05, 3.63) is 59.1 Å². The zero-order chi connectivity index (χ0) is 20.6. The van der Waals surface area contributed by atoms with Crippen LogP contribution in [0, 0.1) is 0 Å². The highest BCUT2D eigenvalue weighted by molar-refractivity contribution is 7.85. The second-order valence-electron chi connectivity index (χ2n) is 8.11. The van der Waals surface area contributed by atoms with Gasteiger partial charge in [-0.05, 0) is 43.7 Å². The monoisotopic (exact) mass is 428 g/mol. The molecule has 152 valence electrons. The predicted molar refractivity (Wildman–Crippen MR) is 122 cm³/mol. The van der Waals surface area contributed by atoms with Gasteiger partial charge in [0.15, 0.2) is 0 Å². The van der Waals surface area contributed by atoms with Crippen molar-refractivity contribution in [3.63, 3.8) is 0 Å². The van der Waals surface area contributed by atoms with Crippen molar-refractivity contribution in [2.24, 2.45) is 5.73 Å². The fraction of sp³-hybridized carbons (Fsp3) is 0.318. The Morgan fingerprint density at radius 3 is 2.83 bits per heavy atom. The number of benzene rings is 2. The summed E-state index contributed by atoms with van der Waals surface area (Å²) in [5.74, 6) is 1.43. The lowest BCUT2D eigenvalue weighted by Gasteiger charge is -2.25. The van der Waals surface area contributed by atoms with E-state index in [1.165, 1.54) is 0 Å². The first-order valence-electron chi connectivity index (χ1n) is 9.64. The van der Waals surface area contributed by atoms with E-state index in [-0.39, 0.29) is 5.54 Å². The van der Waals surface area contributed by atoms with E-state index in [9.17, 15) is 4.21 Å². The first-order valence-corrected chi connectivity index (χ1v) is 11.3. The van der Waals surface area contributed by atoms with Gasteiger partial charge in [0.1, 0.15) is 5.82 Å². The highest BCUT2D eigenvalue weighted by Gasteiger charge is 2.21. The lowest BCUT2D eigenvalue weighted by molar-refractivity contribution is 0.549. The SMILES string of the molecule is CC(C)(N)CNc1cc(N2CCS(=O)c3ccccc3C2)nc2ccc(Cl)cc12. The van der Waals surface area contributed by atoms with Crippen LogP contribution in [0.5, 0.6) is 0 Å². The summed E-state index contributed by atoms with van der Waals surface area (Å²) in [6.07, 6.45) is 0. The molecule has 1 aromatic heterocycles. The molecule has 3 N–H and O–H groups in total. The van der Waals surface area contributed by atoms with Crippen LogP contribution in [0.3, 0.4) is 0 Å². The van der Waals surface area contributed by atoms with Crippen molar-refractivity contribution in [2.75, 3.05) is 29.1 Å². The Labute approximate surface area is 178 Å². The maximum Gasteiger partial charge on any atom is 0.131 e. The zero-order valence-electron chi connectivity index (χ0n) is 16.6. The van der Waals surface area contributed by atoms with E-state index in [0.717, 1.165) is 32.9 Å². The molecule has 7 heteroatoms. The molecular weight excluding hydrogens is 404 g/mol. The van der Waals surface area contributed by atoms with Crippen molar-refractivity contribution in [2.45, 2.75) is 30.8 Å². The molecule has 1 atom stereocenters. The predicted octanol–water partition coefficient (Wildman–Crippen LogP) is 4.17. The largest absolute Gasteiger partial charge is 0.383 e. The van der Waals surface area contributed by atoms with Crippen LogP contribution in [-0.2, 0) is 17.3 Å². The van der Waals surface area contributed by atoms with E-state index >= 15 is 0 Å². The van der Waals surface area contributed by atoms with Crippen LogP contribution < -0.4 is 16.0 Å². The van der Waals surface area contributed by atoms with Gasteiger partial charge < -0.3 is 16.0 Å². The summed E-state index contributed by atoms with van der Waals surface area (Å²) in [5, 5.41) is 5.10.